The maximum absolute atomic E-state index is 0. The summed E-state index contributed by atoms with van der Waals surface area (Å²) in [5.41, 5.74) is 0. The van der Waals surface area contributed by atoms with Crippen LogP contribution in [0.3, 0.4) is 0 Å². The summed E-state index contributed by atoms with van der Waals surface area (Å²) >= 11 is 0. The largest absolute Gasteiger partial charge is 0.358 e. The van der Waals surface area contributed by atoms with Gasteiger partial charge in [0.15, 0.2) is 0 Å². The van der Waals surface area contributed by atoms with Crippen molar-refractivity contribution in [1.29, 1.82) is 0 Å². The Balaban J connectivity index is 0. The SMILES string of the molecule is [CH3-].[Y].[Y].[Y].[Y].[Y].[Y].[Y].[Y].[Y].[Y].[Y].[Y].[Y].[Y].[Y].[Y].[Y].[Y].[Y].[Y].[Y].[Y].[Y].[Y].[Y].[Y].[Y].[Y].[Y].[Y].[Y].[Y].[Y].[Y].[Y].[Y].[Y].[Y].[Y].[Y].[Y].[Y].[Y].[Y].[Y].[Y].[Y].[Y].[Y].[Y].[Y].[Y].[Y].[Y].[Y].[Y].[Y].[Y].[Y].[Y].[Y].[Y].[Y].[Y].[Y].[Y].[Y].[Y].[Y].[Y].[Y].[Y].[Y]. The van der Waals surface area contributed by atoms with E-state index in [-0.39, 0.29) is 2400 Å². The molecule has 74 heavy (non-hydrogen) atoms. The molecule has 73 heteroatoms. The Hall–Kier alpha value is 80.6. The van der Waals surface area contributed by atoms with E-state index in [0.717, 1.165) is 0 Å². The third-order valence-corrected chi connectivity index (χ3v) is 0. The second kappa shape index (κ2) is 551. The van der Waals surface area contributed by atoms with E-state index in [2.05, 4.69) is 0 Å². The van der Waals surface area contributed by atoms with E-state index in [9.17, 15) is 0 Å². The molecule has 0 unspecified atom stereocenters. The molecule has 0 aromatic rings. The van der Waals surface area contributed by atoms with Crippen molar-refractivity contribution in [1.82, 2.24) is 0 Å². The molecular formula is CH3Y73-. The van der Waals surface area contributed by atoms with Gasteiger partial charge < -0.3 is 7.43 Å². The summed E-state index contributed by atoms with van der Waals surface area (Å²) in [6, 6.07) is 0. The zero-order valence-electron chi connectivity index (χ0n) is 43.1. The number of hydrogen-bond donors (Lipinski definition) is 0. The van der Waals surface area contributed by atoms with Crippen molar-refractivity contribution in [2.45, 2.75) is 0 Å². The van der Waals surface area contributed by atoms with Crippen LogP contribution in [0, 0.1) is 7.43 Å². The third kappa shape index (κ3) is 540. The normalized spacial score (nSPS) is 0. The first-order valence-electron chi connectivity index (χ1n) is 0. The van der Waals surface area contributed by atoms with Crippen LogP contribution >= 0.6 is 0 Å². The van der Waals surface area contributed by atoms with Crippen molar-refractivity contribution < 1.29 is 2390 Å². The van der Waals surface area contributed by atoms with E-state index in [4.69, 9.17) is 0 Å². The van der Waals surface area contributed by atoms with Gasteiger partial charge in [-0.15, -0.1) is 0 Å². The summed E-state index contributed by atoms with van der Waals surface area (Å²) in [4.78, 5) is 0. The van der Waals surface area contributed by atoms with Crippen LogP contribution in [0.2, 0.25) is 0 Å². The van der Waals surface area contributed by atoms with E-state index in [1.807, 2.05) is 0 Å². The van der Waals surface area contributed by atoms with Crippen molar-refractivity contribution in [3.05, 3.63) is 7.43 Å². The summed E-state index contributed by atoms with van der Waals surface area (Å²) in [5.74, 6) is 0. The topological polar surface area (TPSA) is 0 Å². The summed E-state index contributed by atoms with van der Waals surface area (Å²) in [6.07, 6.45) is 0. The van der Waals surface area contributed by atoms with Gasteiger partial charge in [0, 0.05) is 2390 Å². The average molecular weight is 6510 g/mol. The van der Waals surface area contributed by atoms with Crippen LogP contribution in [0.4, 0.5) is 0 Å². The van der Waals surface area contributed by atoms with Gasteiger partial charge in [0.25, 0.3) is 0 Å². The minimum Gasteiger partial charge on any atom is -0.358 e. The second-order valence-electron chi connectivity index (χ2n) is 0. The Morgan fingerprint density at radius 1 is 0.0270 bits per heavy atom. The molecule has 0 rings (SSSR count). The van der Waals surface area contributed by atoms with Gasteiger partial charge in [0.2, 0.25) is 0 Å². The minimum absolute atomic E-state index is 0. The first-order valence-corrected chi connectivity index (χ1v) is 0. The van der Waals surface area contributed by atoms with Crippen molar-refractivity contribution in [2.75, 3.05) is 0 Å². The van der Waals surface area contributed by atoms with Crippen molar-refractivity contribution in [3.8, 4) is 0 Å². The number of rotatable bonds is 0. The second-order valence-corrected chi connectivity index (χ2v) is 0. The van der Waals surface area contributed by atoms with Gasteiger partial charge >= 0.3 is 0 Å². The molecule has 0 aliphatic heterocycles. The van der Waals surface area contributed by atoms with Crippen LogP contribution in [0.5, 0.6) is 0 Å². The van der Waals surface area contributed by atoms with Gasteiger partial charge in [-0.2, -0.15) is 0 Å². The molecule has 0 heterocycles. The van der Waals surface area contributed by atoms with E-state index in [1.54, 1.807) is 0 Å². The Morgan fingerprint density at radius 2 is 0.0270 bits per heavy atom. The summed E-state index contributed by atoms with van der Waals surface area (Å²) in [5, 5.41) is 0. The molecule has 0 aliphatic carbocycles. The predicted octanol–water partition coefficient (Wildman–Crippen LogP) is 0.268. The van der Waals surface area contributed by atoms with Crippen LogP contribution in [0.15, 0.2) is 0 Å². The molecule has 0 amide bonds. The molecule has 0 nitrogen and oxygen atoms in total. The Morgan fingerprint density at radius 3 is 0.0270 bits per heavy atom. The van der Waals surface area contributed by atoms with E-state index in [1.165, 1.54) is 0 Å². The summed E-state index contributed by atoms with van der Waals surface area (Å²) in [7, 11) is 0. The van der Waals surface area contributed by atoms with Gasteiger partial charge in [-0.05, 0) is 0 Å². The van der Waals surface area contributed by atoms with E-state index >= 15 is 0 Å². The average Bonchev–Trinajstić information content (AvgIpc) is 0. The van der Waals surface area contributed by atoms with Crippen LogP contribution in [0.25, 0.3) is 0 Å². The summed E-state index contributed by atoms with van der Waals surface area (Å²) < 4.78 is 0. The van der Waals surface area contributed by atoms with Crippen molar-refractivity contribution in [2.24, 2.45) is 0 Å². The maximum atomic E-state index is 0. The smallest absolute Gasteiger partial charge is 0 e. The molecule has 0 bridgehead atoms. The fraction of sp³-hybridized carbons (Fsp3) is 0. The first kappa shape index (κ1) is 562. The van der Waals surface area contributed by atoms with Gasteiger partial charge in [0.1, 0.15) is 0 Å². The summed E-state index contributed by atoms with van der Waals surface area (Å²) in [6.45, 7) is 0. The molecule has 0 aromatic carbocycles. The quantitative estimate of drug-likeness (QED) is 0.307. The van der Waals surface area contributed by atoms with Crippen molar-refractivity contribution in [3.63, 3.8) is 0 Å². The molecule has 0 N–H and O–H groups in total. The molecule has 0 aliphatic rings. The molecule has 73 radical (unpaired) electrons. The monoisotopic (exact) mass is 6510 g/mol. The van der Waals surface area contributed by atoms with Gasteiger partial charge in [0.05, 0.1) is 0 Å². The molecule has 0 saturated carbocycles. The zero-order chi connectivity index (χ0) is 0. The molecular weight excluding hydrogens is 6500 g/mol. The molecule has 0 spiro atoms. The van der Waals surface area contributed by atoms with Gasteiger partial charge in [-0.3, -0.25) is 0 Å². The van der Waals surface area contributed by atoms with Crippen molar-refractivity contribution >= 4 is 0 Å². The fourth-order valence-corrected chi connectivity index (χ4v) is 0. The van der Waals surface area contributed by atoms with Crippen LogP contribution < -0.4 is 0 Å². The van der Waals surface area contributed by atoms with E-state index in [0.29, 0.717) is 0 Å². The Bertz CT molecular complexity index is 7.64. The molecule has 0 fully saturated rings. The molecule has 227 valence electrons. The Kier molecular flexibility index (Phi) is 4180. The number of hydrogen-bond acceptors (Lipinski definition) is 0. The zero-order valence-corrected chi connectivity index (χ0v) is 250. The van der Waals surface area contributed by atoms with Crippen LogP contribution in [-0.4, -0.2) is 0 Å². The molecule has 0 atom stereocenters. The third-order valence-electron chi connectivity index (χ3n) is 0. The standard InChI is InChI=1S/CH3.73Y/h1H3;;;;;;;;;;;;;;;;;;;;;;;;;;;;;;;;;;;;;;;;;;;;;;;;;;;;;;;;;;;;;;;;;;;;;;;;;/q-1;;;;;;;;;;;;;;;;;;;;;;;;;;;;;;;;;;;;;;;;;;;;;;;;;;;;;;;;;;;;;;;;;;;;;;;;;. The predicted molar refractivity (Wildman–Crippen MR) is 6.41 cm³/mol. The first-order chi connectivity index (χ1) is 0. The maximum Gasteiger partial charge on any atom is 0 e. The van der Waals surface area contributed by atoms with Gasteiger partial charge in [-0.25, -0.2) is 0 Å². The van der Waals surface area contributed by atoms with Crippen LogP contribution in [-0.2, 0) is 2390 Å². The fourth-order valence-electron chi connectivity index (χ4n) is 0. The minimum atomic E-state index is 0. The molecule has 0 aromatic heterocycles. The molecule has 0 saturated heterocycles. The van der Waals surface area contributed by atoms with Gasteiger partial charge in [-0.1, -0.05) is 0 Å². The van der Waals surface area contributed by atoms with Crippen LogP contribution in [0.1, 0.15) is 0 Å². The van der Waals surface area contributed by atoms with E-state index < -0.39 is 0 Å². The Labute approximate surface area is 2300 Å².